The van der Waals surface area contributed by atoms with Crippen LogP contribution in [0.3, 0.4) is 0 Å². The van der Waals surface area contributed by atoms with Crippen LogP contribution in [0.1, 0.15) is 26.0 Å². The maximum Gasteiger partial charge on any atom is 0.243 e. The van der Waals surface area contributed by atoms with Gasteiger partial charge in [0.1, 0.15) is 5.76 Å². The molecule has 1 atom stereocenters. The Hall–Kier alpha value is -2.65. The predicted molar refractivity (Wildman–Crippen MR) is 107 cm³/mol. The van der Waals surface area contributed by atoms with Gasteiger partial charge in [0.25, 0.3) is 0 Å². The molecule has 0 spiro atoms. The van der Waals surface area contributed by atoms with Gasteiger partial charge < -0.3 is 14.6 Å². The van der Waals surface area contributed by atoms with Crippen LogP contribution in [0.15, 0.2) is 52.0 Å². The highest BCUT2D eigenvalue weighted by atomic mass is 32.2. The molecule has 0 bridgehead atoms. The smallest absolute Gasteiger partial charge is 0.243 e. The quantitative estimate of drug-likeness (QED) is 0.708. The summed E-state index contributed by atoms with van der Waals surface area (Å²) in [5.41, 5.74) is 0.389. The number of benzene rings is 1. The number of carbonyl (C=O) groups is 2. The van der Waals surface area contributed by atoms with Gasteiger partial charge in [0.05, 0.1) is 23.6 Å². The van der Waals surface area contributed by atoms with E-state index in [1.807, 2.05) is 0 Å². The van der Waals surface area contributed by atoms with Crippen LogP contribution >= 0.6 is 0 Å². The number of furan rings is 1. The summed E-state index contributed by atoms with van der Waals surface area (Å²) in [6, 6.07) is 9.71. The Morgan fingerprint density at radius 2 is 2.00 bits per heavy atom. The van der Waals surface area contributed by atoms with Crippen molar-refractivity contribution in [2.45, 2.75) is 31.7 Å². The first kappa shape index (κ1) is 21.1. The molecule has 0 unspecified atom stereocenters. The van der Waals surface area contributed by atoms with Crippen molar-refractivity contribution in [1.82, 2.24) is 9.21 Å². The van der Waals surface area contributed by atoms with Crippen molar-refractivity contribution in [2.75, 3.05) is 25.0 Å². The number of nitrogens with zero attached hydrogens (tertiary/aromatic N) is 2. The Morgan fingerprint density at radius 3 is 2.66 bits per heavy atom. The topological polar surface area (TPSA) is 99.9 Å². The van der Waals surface area contributed by atoms with E-state index >= 15 is 0 Å². The lowest BCUT2D eigenvalue weighted by Gasteiger charge is -2.19. The van der Waals surface area contributed by atoms with E-state index in [9.17, 15) is 18.0 Å². The van der Waals surface area contributed by atoms with Crippen LogP contribution in [0, 0.1) is 5.92 Å². The van der Waals surface area contributed by atoms with Crippen molar-refractivity contribution in [3.63, 3.8) is 0 Å². The summed E-state index contributed by atoms with van der Waals surface area (Å²) >= 11 is 0. The summed E-state index contributed by atoms with van der Waals surface area (Å²) in [6.45, 7) is 4.91. The lowest BCUT2D eigenvalue weighted by molar-refractivity contribution is -0.128. The minimum Gasteiger partial charge on any atom is -0.467 e. The third-order valence-corrected chi connectivity index (χ3v) is 7.00. The number of likely N-dealkylation sites (tertiary alicyclic amines) is 1. The second-order valence-corrected chi connectivity index (χ2v) is 8.80. The summed E-state index contributed by atoms with van der Waals surface area (Å²) < 4.78 is 32.0. The van der Waals surface area contributed by atoms with Crippen LogP contribution in [0.4, 0.5) is 5.69 Å². The predicted octanol–water partition coefficient (Wildman–Crippen LogP) is 2.30. The first-order valence-corrected chi connectivity index (χ1v) is 11.0. The largest absolute Gasteiger partial charge is 0.467 e. The average molecular weight is 420 g/mol. The van der Waals surface area contributed by atoms with Gasteiger partial charge in [-0.15, -0.1) is 0 Å². The van der Waals surface area contributed by atoms with Gasteiger partial charge >= 0.3 is 0 Å². The minimum atomic E-state index is -3.62. The second kappa shape index (κ2) is 8.79. The Morgan fingerprint density at radius 1 is 1.24 bits per heavy atom. The molecular weight excluding hydrogens is 394 g/mol. The molecule has 2 amide bonds. The van der Waals surface area contributed by atoms with Crippen LogP contribution in [-0.4, -0.2) is 49.1 Å². The maximum atomic E-state index is 12.7. The molecule has 3 rings (SSSR count). The van der Waals surface area contributed by atoms with E-state index in [1.54, 1.807) is 49.3 Å². The molecule has 156 valence electrons. The van der Waals surface area contributed by atoms with Crippen LogP contribution < -0.4 is 5.32 Å². The van der Waals surface area contributed by atoms with Gasteiger partial charge in [-0.3, -0.25) is 9.59 Å². The number of sulfonamides is 1. The molecule has 1 aliphatic rings. The van der Waals surface area contributed by atoms with Crippen molar-refractivity contribution in [2.24, 2.45) is 5.92 Å². The Kier molecular flexibility index (Phi) is 6.39. The summed E-state index contributed by atoms with van der Waals surface area (Å²) in [4.78, 5) is 26.6. The molecule has 0 saturated carbocycles. The fraction of sp³-hybridized carbons (Fsp3) is 0.400. The molecule has 1 N–H and O–H groups in total. The number of anilines is 1. The second-order valence-electron chi connectivity index (χ2n) is 6.86. The first-order valence-electron chi connectivity index (χ1n) is 9.56. The van der Waals surface area contributed by atoms with Gasteiger partial charge in [-0.2, -0.15) is 4.31 Å². The van der Waals surface area contributed by atoms with E-state index < -0.39 is 15.9 Å². The van der Waals surface area contributed by atoms with Crippen molar-refractivity contribution >= 4 is 27.5 Å². The highest BCUT2D eigenvalue weighted by Crippen LogP contribution is 2.24. The number of rotatable bonds is 8. The fourth-order valence-electron chi connectivity index (χ4n) is 3.38. The summed E-state index contributed by atoms with van der Waals surface area (Å²) in [6.07, 6.45) is 1.66. The van der Waals surface area contributed by atoms with E-state index in [0.29, 0.717) is 37.6 Å². The number of nitrogens with one attached hydrogen (secondary N) is 1. The van der Waals surface area contributed by atoms with Crippen molar-refractivity contribution in [1.29, 1.82) is 0 Å². The van der Waals surface area contributed by atoms with Gasteiger partial charge in [0, 0.05) is 31.7 Å². The molecule has 9 heteroatoms. The highest BCUT2D eigenvalue weighted by Gasteiger charge is 2.34. The Balaban J connectivity index is 1.67. The molecule has 0 aliphatic carbocycles. The third-order valence-electron chi connectivity index (χ3n) is 4.96. The lowest BCUT2D eigenvalue weighted by Crippen LogP contribution is -2.30. The Bertz CT molecular complexity index is 968. The van der Waals surface area contributed by atoms with E-state index in [4.69, 9.17) is 4.42 Å². The molecule has 2 aromatic rings. The van der Waals surface area contributed by atoms with Gasteiger partial charge in [0.2, 0.25) is 21.8 Å². The molecule has 1 fully saturated rings. The van der Waals surface area contributed by atoms with Crippen LogP contribution in [0.5, 0.6) is 0 Å². The number of hydrogen-bond acceptors (Lipinski definition) is 5. The van der Waals surface area contributed by atoms with Crippen molar-refractivity contribution in [3.8, 4) is 0 Å². The monoisotopic (exact) mass is 419 g/mol. The molecule has 1 aliphatic heterocycles. The Labute approximate surface area is 170 Å². The van der Waals surface area contributed by atoms with Gasteiger partial charge in [-0.1, -0.05) is 19.9 Å². The molecular formula is C20H25N3O5S. The zero-order chi connectivity index (χ0) is 21.0. The lowest BCUT2D eigenvalue weighted by atomic mass is 10.1. The molecule has 2 heterocycles. The summed E-state index contributed by atoms with van der Waals surface area (Å²) in [5.74, 6) is -0.258. The van der Waals surface area contributed by atoms with E-state index in [0.717, 1.165) is 0 Å². The van der Waals surface area contributed by atoms with Crippen LogP contribution in [0.25, 0.3) is 0 Å². The molecule has 8 nitrogen and oxygen atoms in total. The van der Waals surface area contributed by atoms with Gasteiger partial charge in [0.15, 0.2) is 0 Å². The normalized spacial score (nSPS) is 17.1. The highest BCUT2D eigenvalue weighted by molar-refractivity contribution is 7.89. The van der Waals surface area contributed by atoms with Gasteiger partial charge in [-0.05, 0) is 30.3 Å². The molecule has 1 aromatic heterocycles. The molecule has 29 heavy (non-hydrogen) atoms. The van der Waals surface area contributed by atoms with Crippen molar-refractivity contribution in [3.05, 3.63) is 48.4 Å². The number of amides is 2. The SMILES string of the molecule is CCN(CC)S(=O)(=O)c1cccc(NC(=O)[C@@H]2CC(=O)N(Cc3ccco3)C2)c1. The van der Waals surface area contributed by atoms with E-state index in [-0.39, 0.29) is 23.1 Å². The summed E-state index contributed by atoms with van der Waals surface area (Å²) in [7, 11) is -3.62. The molecule has 1 aromatic carbocycles. The van der Waals surface area contributed by atoms with Crippen LogP contribution in [-0.2, 0) is 26.2 Å². The summed E-state index contributed by atoms with van der Waals surface area (Å²) in [5, 5.41) is 2.75. The van der Waals surface area contributed by atoms with E-state index in [2.05, 4.69) is 5.32 Å². The maximum absolute atomic E-state index is 12.7. The van der Waals surface area contributed by atoms with Gasteiger partial charge in [-0.25, -0.2) is 8.42 Å². The fourth-order valence-corrected chi connectivity index (χ4v) is 4.89. The minimum absolute atomic E-state index is 0.112. The standard InChI is InChI=1S/C20H25N3O5S/c1-3-23(4-2)29(26,27)18-9-5-7-16(12-18)21-20(25)15-11-19(24)22(13-15)14-17-8-6-10-28-17/h5-10,12,15H,3-4,11,13-14H2,1-2H3,(H,21,25)/t15-/m1/s1. The zero-order valence-corrected chi connectivity index (χ0v) is 17.3. The number of hydrogen-bond donors (Lipinski definition) is 1. The van der Waals surface area contributed by atoms with Crippen molar-refractivity contribution < 1.29 is 22.4 Å². The van der Waals surface area contributed by atoms with E-state index in [1.165, 1.54) is 16.4 Å². The first-order chi connectivity index (χ1) is 13.8. The molecule has 0 radical (unpaired) electrons. The molecule has 1 saturated heterocycles. The number of carbonyl (C=O) groups excluding carboxylic acids is 2. The van der Waals surface area contributed by atoms with Crippen LogP contribution in [0.2, 0.25) is 0 Å². The zero-order valence-electron chi connectivity index (χ0n) is 16.5. The average Bonchev–Trinajstić information content (AvgIpc) is 3.33. The third kappa shape index (κ3) is 4.68.